The zero-order chi connectivity index (χ0) is 15.0. The second-order valence-corrected chi connectivity index (χ2v) is 4.63. The summed E-state index contributed by atoms with van der Waals surface area (Å²) in [6.45, 7) is 1.83. The Morgan fingerprint density at radius 3 is 2.67 bits per heavy atom. The third-order valence-corrected chi connectivity index (χ3v) is 3.34. The Kier molecular flexibility index (Phi) is 3.06. The van der Waals surface area contributed by atoms with E-state index in [4.69, 9.17) is 0 Å². The van der Waals surface area contributed by atoms with E-state index in [1.54, 1.807) is 28.7 Å². The maximum absolute atomic E-state index is 12.0. The van der Waals surface area contributed by atoms with Crippen LogP contribution in [0.25, 0.3) is 16.8 Å². The summed E-state index contributed by atoms with van der Waals surface area (Å²) in [6.07, 6.45) is 3.35. The number of H-pyrrole nitrogens is 1. The number of aromatic nitrogens is 3. The van der Waals surface area contributed by atoms with Gasteiger partial charge < -0.3 is 9.72 Å². The molecule has 0 unspecified atom stereocenters. The van der Waals surface area contributed by atoms with Crippen molar-refractivity contribution in [3.05, 3.63) is 58.4 Å². The molecule has 1 aromatic carbocycles. The van der Waals surface area contributed by atoms with Gasteiger partial charge in [0.05, 0.1) is 24.6 Å². The van der Waals surface area contributed by atoms with Gasteiger partial charge in [-0.1, -0.05) is 12.1 Å². The van der Waals surface area contributed by atoms with Gasteiger partial charge >= 0.3 is 5.97 Å². The maximum atomic E-state index is 12.0. The molecule has 0 atom stereocenters. The molecule has 21 heavy (non-hydrogen) atoms. The van der Waals surface area contributed by atoms with Crippen molar-refractivity contribution in [2.45, 2.75) is 6.92 Å². The van der Waals surface area contributed by atoms with Gasteiger partial charge in [0.2, 0.25) is 0 Å². The van der Waals surface area contributed by atoms with E-state index in [1.165, 1.54) is 13.3 Å². The Morgan fingerprint density at radius 1 is 1.29 bits per heavy atom. The number of rotatable bonds is 2. The van der Waals surface area contributed by atoms with Crippen molar-refractivity contribution in [3.8, 4) is 11.3 Å². The number of hydrogen-bond donors (Lipinski definition) is 1. The molecule has 0 bridgehead atoms. The van der Waals surface area contributed by atoms with Crippen molar-refractivity contribution in [1.82, 2.24) is 14.4 Å². The van der Waals surface area contributed by atoms with Gasteiger partial charge in [0.1, 0.15) is 11.3 Å². The van der Waals surface area contributed by atoms with Crippen LogP contribution in [0.1, 0.15) is 16.2 Å². The summed E-state index contributed by atoms with van der Waals surface area (Å²) in [5.74, 6) is 0.347. The highest BCUT2D eigenvalue weighted by atomic mass is 16.5. The number of methoxy groups -OCH3 is 1. The molecule has 2 aromatic heterocycles. The average Bonchev–Trinajstić information content (AvgIpc) is 2.89. The summed E-state index contributed by atoms with van der Waals surface area (Å²) in [5.41, 5.74) is 2.22. The van der Waals surface area contributed by atoms with Crippen molar-refractivity contribution < 1.29 is 9.53 Å². The molecule has 0 saturated heterocycles. The Bertz CT molecular complexity index is 875. The van der Waals surface area contributed by atoms with E-state index in [0.29, 0.717) is 16.8 Å². The number of nitrogens with one attached hydrogen (secondary N) is 1. The SMILES string of the molecule is COC(=O)c1ccc(-c2cn3c(C)ncc3c(=O)[nH]2)cc1. The first-order valence-corrected chi connectivity index (χ1v) is 6.36. The predicted octanol–water partition coefficient (Wildman–Crippen LogP) is 1.78. The molecule has 6 nitrogen and oxygen atoms in total. The molecule has 2 heterocycles. The van der Waals surface area contributed by atoms with Gasteiger partial charge in [-0.15, -0.1) is 0 Å². The lowest BCUT2D eigenvalue weighted by molar-refractivity contribution is 0.0601. The molecule has 0 radical (unpaired) electrons. The minimum Gasteiger partial charge on any atom is -0.465 e. The lowest BCUT2D eigenvalue weighted by Gasteiger charge is -2.05. The van der Waals surface area contributed by atoms with Crippen molar-refractivity contribution >= 4 is 11.5 Å². The van der Waals surface area contributed by atoms with Crippen molar-refractivity contribution in [1.29, 1.82) is 0 Å². The average molecular weight is 283 g/mol. The number of aryl methyl sites for hydroxylation is 1. The van der Waals surface area contributed by atoms with Gasteiger partial charge in [0.15, 0.2) is 0 Å². The van der Waals surface area contributed by atoms with Crippen LogP contribution in [0.4, 0.5) is 0 Å². The van der Waals surface area contributed by atoms with E-state index in [9.17, 15) is 9.59 Å². The van der Waals surface area contributed by atoms with Crippen LogP contribution in [-0.4, -0.2) is 27.4 Å². The highest BCUT2D eigenvalue weighted by Crippen LogP contribution is 2.17. The fourth-order valence-corrected chi connectivity index (χ4v) is 2.18. The van der Waals surface area contributed by atoms with Crippen LogP contribution in [0.15, 0.2) is 41.5 Å². The summed E-state index contributed by atoms with van der Waals surface area (Å²) in [5, 5.41) is 0. The van der Waals surface area contributed by atoms with Crippen LogP contribution in [0.3, 0.4) is 0 Å². The molecule has 0 fully saturated rings. The molecule has 0 saturated carbocycles. The van der Waals surface area contributed by atoms with E-state index in [0.717, 1.165) is 11.4 Å². The van der Waals surface area contributed by atoms with Crippen LogP contribution < -0.4 is 5.56 Å². The zero-order valence-electron chi connectivity index (χ0n) is 11.6. The first-order chi connectivity index (χ1) is 10.1. The highest BCUT2D eigenvalue weighted by Gasteiger charge is 2.09. The number of esters is 1. The van der Waals surface area contributed by atoms with Crippen LogP contribution >= 0.6 is 0 Å². The maximum Gasteiger partial charge on any atom is 0.337 e. The molecule has 0 spiro atoms. The number of fused-ring (bicyclic) bond motifs is 1. The van der Waals surface area contributed by atoms with E-state index >= 15 is 0 Å². The van der Waals surface area contributed by atoms with E-state index < -0.39 is 5.97 Å². The van der Waals surface area contributed by atoms with Crippen LogP contribution in [0.5, 0.6) is 0 Å². The summed E-state index contributed by atoms with van der Waals surface area (Å²) < 4.78 is 6.39. The largest absolute Gasteiger partial charge is 0.465 e. The molecule has 0 aliphatic carbocycles. The second kappa shape index (κ2) is 4.90. The van der Waals surface area contributed by atoms with Crippen molar-refractivity contribution in [3.63, 3.8) is 0 Å². The molecule has 3 rings (SSSR count). The summed E-state index contributed by atoms with van der Waals surface area (Å²) in [4.78, 5) is 30.4. The first kappa shape index (κ1) is 13.1. The van der Waals surface area contributed by atoms with Crippen LogP contribution in [0.2, 0.25) is 0 Å². The zero-order valence-corrected chi connectivity index (χ0v) is 11.6. The predicted molar refractivity (Wildman–Crippen MR) is 77.3 cm³/mol. The van der Waals surface area contributed by atoms with Crippen LogP contribution in [-0.2, 0) is 4.74 Å². The van der Waals surface area contributed by atoms with E-state index in [1.807, 2.05) is 13.1 Å². The van der Waals surface area contributed by atoms with E-state index in [-0.39, 0.29) is 5.56 Å². The Morgan fingerprint density at radius 2 is 2.00 bits per heavy atom. The molecular weight excluding hydrogens is 270 g/mol. The lowest BCUT2D eigenvalue weighted by Crippen LogP contribution is -2.10. The summed E-state index contributed by atoms with van der Waals surface area (Å²) in [7, 11) is 1.34. The van der Waals surface area contributed by atoms with Gasteiger partial charge in [0, 0.05) is 6.20 Å². The molecule has 0 amide bonds. The fourth-order valence-electron chi connectivity index (χ4n) is 2.18. The van der Waals surface area contributed by atoms with Crippen molar-refractivity contribution in [2.75, 3.05) is 7.11 Å². The number of aromatic amines is 1. The molecule has 0 aliphatic heterocycles. The molecule has 6 heteroatoms. The first-order valence-electron chi connectivity index (χ1n) is 6.36. The Hall–Kier alpha value is -2.89. The number of ether oxygens (including phenoxy) is 1. The summed E-state index contributed by atoms with van der Waals surface area (Å²) in [6, 6.07) is 6.83. The Labute approximate surface area is 120 Å². The topological polar surface area (TPSA) is 76.5 Å². The van der Waals surface area contributed by atoms with Gasteiger partial charge in [-0.25, -0.2) is 9.78 Å². The Balaban J connectivity index is 2.10. The third-order valence-electron chi connectivity index (χ3n) is 3.34. The number of imidazole rings is 1. The molecular formula is C15H13N3O3. The minimum absolute atomic E-state index is 0.204. The number of carbonyl (C=O) groups excluding carboxylic acids is 1. The number of carbonyl (C=O) groups is 1. The normalized spacial score (nSPS) is 10.8. The molecule has 1 N–H and O–H groups in total. The molecule has 0 aliphatic rings. The fraction of sp³-hybridized carbons (Fsp3) is 0.133. The van der Waals surface area contributed by atoms with Gasteiger partial charge in [0.25, 0.3) is 5.56 Å². The lowest BCUT2D eigenvalue weighted by atomic mass is 10.1. The van der Waals surface area contributed by atoms with Gasteiger partial charge in [-0.3, -0.25) is 9.20 Å². The molecule has 106 valence electrons. The quantitative estimate of drug-likeness (QED) is 0.727. The minimum atomic E-state index is -0.393. The van der Waals surface area contributed by atoms with E-state index in [2.05, 4.69) is 14.7 Å². The van der Waals surface area contributed by atoms with Gasteiger partial charge in [-0.2, -0.15) is 0 Å². The van der Waals surface area contributed by atoms with Crippen molar-refractivity contribution in [2.24, 2.45) is 0 Å². The second-order valence-electron chi connectivity index (χ2n) is 4.63. The number of nitrogens with zero attached hydrogens (tertiary/aromatic N) is 2. The highest BCUT2D eigenvalue weighted by molar-refractivity contribution is 5.89. The smallest absolute Gasteiger partial charge is 0.337 e. The number of benzene rings is 1. The summed E-state index contributed by atoms with van der Waals surface area (Å²) >= 11 is 0. The standard InChI is InChI=1S/C15H13N3O3/c1-9-16-7-13-14(19)17-12(8-18(9)13)10-3-5-11(6-4-10)15(20)21-2/h3-8H,1-2H3,(H,17,19). The number of hydrogen-bond acceptors (Lipinski definition) is 4. The van der Waals surface area contributed by atoms with Crippen LogP contribution in [0, 0.1) is 6.92 Å². The monoisotopic (exact) mass is 283 g/mol. The third kappa shape index (κ3) is 2.20. The van der Waals surface area contributed by atoms with Gasteiger partial charge in [-0.05, 0) is 24.6 Å². The molecule has 3 aromatic rings.